The van der Waals surface area contributed by atoms with Crippen molar-refractivity contribution in [2.45, 2.75) is 33.2 Å². The van der Waals surface area contributed by atoms with Crippen LogP contribution in [0.4, 0.5) is 0 Å². The number of nitrogens with zero attached hydrogens (tertiary/aromatic N) is 3. The van der Waals surface area contributed by atoms with Gasteiger partial charge in [-0.05, 0) is 24.0 Å². The monoisotopic (exact) mass is 302 g/mol. The standard InChI is InChI=1S/C16H22N4O2/c1-16(2,3)13(9-10-21)18-15(22)14-17-11-20(19-14)12-7-5-4-6-8-12/h4-8,11,13,21H,9-10H2,1-3H3,(H,18,22). The fourth-order valence-electron chi connectivity index (χ4n) is 2.15. The molecule has 2 aromatic rings. The SMILES string of the molecule is CC(C)(C)C(CCO)NC(=O)c1ncn(-c2ccccc2)n1. The number of benzene rings is 1. The number of amides is 1. The minimum atomic E-state index is -0.331. The van der Waals surface area contributed by atoms with Crippen LogP contribution in [-0.4, -0.2) is 38.4 Å². The van der Waals surface area contributed by atoms with Gasteiger partial charge in [0.05, 0.1) is 5.69 Å². The van der Waals surface area contributed by atoms with Gasteiger partial charge in [0.1, 0.15) is 6.33 Å². The first-order valence-corrected chi connectivity index (χ1v) is 7.30. The lowest BCUT2D eigenvalue weighted by Gasteiger charge is -2.30. The van der Waals surface area contributed by atoms with Gasteiger partial charge in [0, 0.05) is 12.6 Å². The molecule has 1 heterocycles. The van der Waals surface area contributed by atoms with Gasteiger partial charge in [0.15, 0.2) is 0 Å². The molecule has 0 aliphatic carbocycles. The minimum Gasteiger partial charge on any atom is -0.396 e. The molecule has 0 fully saturated rings. The number of rotatable bonds is 5. The summed E-state index contributed by atoms with van der Waals surface area (Å²) in [5.74, 6) is -0.209. The van der Waals surface area contributed by atoms with Crippen molar-refractivity contribution in [3.8, 4) is 5.69 Å². The average molecular weight is 302 g/mol. The highest BCUT2D eigenvalue weighted by molar-refractivity contribution is 5.90. The second kappa shape index (κ2) is 6.70. The average Bonchev–Trinajstić information content (AvgIpc) is 2.96. The van der Waals surface area contributed by atoms with Crippen molar-refractivity contribution >= 4 is 5.91 Å². The Morgan fingerprint density at radius 3 is 2.59 bits per heavy atom. The van der Waals surface area contributed by atoms with Crippen LogP contribution in [0.2, 0.25) is 0 Å². The van der Waals surface area contributed by atoms with Gasteiger partial charge in [-0.1, -0.05) is 39.0 Å². The Balaban J connectivity index is 2.12. The molecule has 6 nitrogen and oxygen atoms in total. The first kappa shape index (κ1) is 16.2. The first-order chi connectivity index (χ1) is 10.4. The molecule has 0 saturated carbocycles. The Labute approximate surface area is 130 Å². The molecule has 1 aromatic heterocycles. The molecule has 1 aromatic carbocycles. The van der Waals surface area contributed by atoms with Gasteiger partial charge >= 0.3 is 0 Å². The first-order valence-electron chi connectivity index (χ1n) is 7.30. The molecule has 0 spiro atoms. The zero-order valence-corrected chi connectivity index (χ0v) is 13.2. The van der Waals surface area contributed by atoms with E-state index >= 15 is 0 Å². The van der Waals surface area contributed by atoms with Crippen molar-refractivity contribution in [3.05, 3.63) is 42.5 Å². The van der Waals surface area contributed by atoms with Crippen molar-refractivity contribution in [2.24, 2.45) is 5.41 Å². The van der Waals surface area contributed by atoms with Crippen LogP contribution >= 0.6 is 0 Å². The highest BCUT2D eigenvalue weighted by atomic mass is 16.3. The van der Waals surface area contributed by atoms with Crippen LogP contribution in [0.5, 0.6) is 0 Å². The van der Waals surface area contributed by atoms with Crippen LogP contribution in [0, 0.1) is 5.41 Å². The molecule has 118 valence electrons. The topological polar surface area (TPSA) is 80.0 Å². The van der Waals surface area contributed by atoms with Gasteiger partial charge in [0.2, 0.25) is 5.82 Å². The van der Waals surface area contributed by atoms with E-state index in [4.69, 9.17) is 5.11 Å². The normalized spacial score (nSPS) is 12.9. The maximum absolute atomic E-state index is 12.3. The van der Waals surface area contributed by atoms with Gasteiger partial charge in [-0.3, -0.25) is 4.79 Å². The molecule has 1 atom stereocenters. The summed E-state index contributed by atoms with van der Waals surface area (Å²) in [7, 11) is 0. The smallest absolute Gasteiger partial charge is 0.291 e. The van der Waals surface area contributed by atoms with Crippen LogP contribution < -0.4 is 5.32 Å². The molecule has 0 aliphatic rings. The van der Waals surface area contributed by atoms with Crippen molar-refractivity contribution in [1.82, 2.24) is 20.1 Å². The predicted octanol–water partition coefficient (Wildman–Crippen LogP) is 1.79. The lowest BCUT2D eigenvalue weighted by atomic mass is 9.85. The Morgan fingerprint density at radius 2 is 2.00 bits per heavy atom. The van der Waals surface area contributed by atoms with Crippen molar-refractivity contribution in [1.29, 1.82) is 0 Å². The molecule has 0 aliphatic heterocycles. The maximum Gasteiger partial charge on any atom is 0.291 e. The van der Waals surface area contributed by atoms with E-state index in [1.54, 1.807) is 4.68 Å². The number of carbonyl (C=O) groups is 1. The largest absolute Gasteiger partial charge is 0.396 e. The summed E-state index contributed by atoms with van der Waals surface area (Å²) in [5, 5.41) is 16.3. The zero-order valence-electron chi connectivity index (χ0n) is 13.2. The van der Waals surface area contributed by atoms with E-state index in [2.05, 4.69) is 15.4 Å². The third-order valence-electron chi connectivity index (χ3n) is 3.48. The molecule has 1 amide bonds. The lowest BCUT2D eigenvalue weighted by molar-refractivity contribution is 0.0874. The number of hydrogen-bond donors (Lipinski definition) is 2. The second-order valence-electron chi connectivity index (χ2n) is 6.25. The van der Waals surface area contributed by atoms with Gasteiger partial charge in [-0.25, -0.2) is 9.67 Å². The number of aliphatic hydroxyl groups is 1. The Bertz CT molecular complexity index is 617. The van der Waals surface area contributed by atoms with Crippen molar-refractivity contribution < 1.29 is 9.90 Å². The summed E-state index contributed by atoms with van der Waals surface area (Å²) in [4.78, 5) is 16.4. The lowest BCUT2D eigenvalue weighted by Crippen LogP contribution is -2.44. The van der Waals surface area contributed by atoms with Crippen LogP contribution in [0.1, 0.15) is 37.8 Å². The molecule has 0 saturated heterocycles. The molecule has 0 bridgehead atoms. The van der Waals surface area contributed by atoms with E-state index in [-0.39, 0.29) is 29.8 Å². The number of carbonyl (C=O) groups excluding carboxylic acids is 1. The summed E-state index contributed by atoms with van der Waals surface area (Å²) in [6.45, 7) is 6.07. The van der Waals surface area contributed by atoms with Gasteiger partial charge in [0.25, 0.3) is 5.91 Å². The highest BCUT2D eigenvalue weighted by Gasteiger charge is 2.27. The van der Waals surface area contributed by atoms with Crippen molar-refractivity contribution in [2.75, 3.05) is 6.61 Å². The second-order valence-corrected chi connectivity index (χ2v) is 6.25. The van der Waals surface area contributed by atoms with E-state index in [0.717, 1.165) is 5.69 Å². The maximum atomic E-state index is 12.3. The number of aromatic nitrogens is 3. The number of hydrogen-bond acceptors (Lipinski definition) is 4. The molecular weight excluding hydrogens is 280 g/mol. The molecule has 6 heteroatoms. The van der Waals surface area contributed by atoms with E-state index in [1.165, 1.54) is 6.33 Å². The van der Waals surface area contributed by atoms with E-state index in [1.807, 2.05) is 51.1 Å². The Morgan fingerprint density at radius 1 is 1.32 bits per heavy atom. The van der Waals surface area contributed by atoms with Crippen LogP contribution in [0.3, 0.4) is 0 Å². The van der Waals surface area contributed by atoms with E-state index in [9.17, 15) is 4.79 Å². The fraction of sp³-hybridized carbons (Fsp3) is 0.438. The summed E-state index contributed by atoms with van der Waals surface area (Å²) < 4.78 is 1.56. The third kappa shape index (κ3) is 3.92. The molecular formula is C16H22N4O2. The Kier molecular flexibility index (Phi) is 4.92. The summed E-state index contributed by atoms with van der Waals surface area (Å²) in [6, 6.07) is 9.34. The van der Waals surface area contributed by atoms with Crippen LogP contribution in [-0.2, 0) is 0 Å². The predicted molar refractivity (Wildman–Crippen MR) is 83.8 cm³/mol. The number of nitrogens with one attached hydrogen (secondary N) is 1. The summed E-state index contributed by atoms with van der Waals surface area (Å²) in [6.07, 6.45) is 2.01. The minimum absolute atomic E-state index is 0.0219. The zero-order chi connectivity index (χ0) is 16.2. The van der Waals surface area contributed by atoms with E-state index in [0.29, 0.717) is 6.42 Å². The van der Waals surface area contributed by atoms with Gasteiger partial charge in [-0.15, -0.1) is 5.10 Å². The van der Waals surface area contributed by atoms with Crippen LogP contribution in [0.15, 0.2) is 36.7 Å². The highest BCUT2D eigenvalue weighted by Crippen LogP contribution is 2.21. The molecule has 1 unspecified atom stereocenters. The molecule has 2 N–H and O–H groups in total. The molecule has 0 radical (unpaired) electrons. The Hall–Kier alpha value is -2.21. The van der Waals surface area contributed by atoms with Gasteiger partial charge < -0.3 is 10.4 Å². The molecule has 22 heavy (non-hydrogen) atoms. The fourth-order valence-corrected chi connectivity index (χ4v) is 2.15. The summed E-state index contributed by atoms with van der Waals surface area (Å²) >= 11 is 0. The summed E-state index contributed by atoms with van der Waals surface area (Å²) in [5.41, 5.74) is 0.692. The van der Waals surface area contributed by atoms with E-state index < -0.39 is 0 Å². The van der Waals surface area contributed by atoms with Crippen LogP contribution in [0.25, 0.3) is 5.69 Å². The van der Waals surface area contributed by atoms with Gasteiger partial charge in [-0.2, -0.15) is 0 Å². The third-order valence-corrected chi connectivity index (χ3v) is 3.48. The number of aliphatic hydroxyl groups excluding tert-OH is 1. The quantitative estimate of drug-likeness (QED) is 0.882. The number of para-hydroxylation sites is 1. The molecule has 2 rings (SSSR count). The van der Waals surface area contributed by atoms with Crippen molar-refractivity contribution in [3.63, 3.8) is 0 Å².